The van der Waals surface area contributed by atoms with Gasteiger partial charge in [-0.25, -0.2) is 4.98 Å². The lowest BCUT2D eigenvalue weighted by molar-refractivity contribution is 0.427. The molecule has 4 nitrogen and oxygen atoms in total. The summed E-state index contributed by atoms with van der Waals surface area (Å²) in [5, 5.41) is 3.46. The normalized spacial score (nSPS) is 12.1. The van der Waals surface area contributed by atoms with Gasteiger partial charge in [0.1, 0.15) is 17.3 Å². The number of aryl methyl sites for hydroxylation is 2. The highest BCUT2D eigenvalue weighted by molar-refractivity contribution is 5.61. The van der Waals surface area contributed by atoms with E-state index in [4.69, 9.17) is 4.42 Å². The molecule has 0 atom stereocenters. The highest BCUT2D eigenvalue weighted by Crippen LogP contribution is 2.24. The highest BCUT2D eigenvalue weighted by Gasteiger charge is 2.11. The van der Waals surface area contributed by atoms with E-state index in [9.17, 15) is 0 Å². The number of furan rings is 1. The smallest absolute Gasteiger partial charge is 0.110 e. The van der Waals surface area contributed by atoms with Crippen LogP contribution in [0.5, 0.6) is 0 Å². The van der Waals surface area contributed by atoms with Gasteiger partial charge in [0, 0.05) is 24.1 Å². The molecule has 0 amide bonds. The number of nitrogens with one attached hydrogen (secondary N) is 2. The third kappa shape index (κ3) is 3.70. The van der Waals surface area contributed by atoms with Crippen molar-refractivity contribution in [3.8, 4) is 11.3 Å². The van der Waals surface area contributed by atoms with Crippen LogP contribution in [-0.2, 0) is 6.42 Å². The maximum atomic E-state index is 5.54. The van der Waals surface area contributed by atoms with Crippen molar-refractivity contribution in [2.45, 2.75) is 46.6 Å². The zero-order valence-corrected chi connectivity index (χ0v) is 12.4. The van der Waals surface area contributed by atoms with Gasteiger partial charge in [-0.05, 0) is 40.7 Å². The van der Waals surface area contributed by atoms with Crippen molar-refractivity contribution in [1.29, 1.82) is 0 Å². The van der Waals surface area contributed by atoms with Crippen molar-refractivity contribution in [2.24, 2.45) is 0 Å². The van der Waals surface area contributed by atoms with Crippen LogP contribution in [0.15, 0.2) is 16.7 Å². The van der Waals surface area contributed by atoms with Crippen molar-refractivity contribution < 1.29 is 4.42 Å². The summed E-state index contributed by atoms with van der Waals surface area (Å²) in [6, 6.07) is 2.04. The molecule has 0 fully saturated rings. The van der Waals surface area contributed by atoms with E-state index in [0.29, 0.717) is 0 Å². The van der Waals surface area contributed by atoms with Crippen molar-refractivity contribution in [1.82, 2.24) is 15.3 Å². The third-order valence-electron chi connectivity index (χ3n) is 2.98. The molecule has 0 aliphatic rings. The number of rotatable bonds is 4. The molecular weight excluding hydrogens is 238 g/mol. The molecule has 0 saturated carbocycles. The molecule has 2 aromatic heterocycles. The SMILES string of the molecule is Cc1cc(-c2cnc(CCNC(C)(C)C)[nH]2)c(C)o1. The largest absolute Gasteiger partial charge is 0.466 e. The molecule has 19 heavy (non-hydrogen) atoms. The summed E-state index contributed by atoms with van der Waals surface area (Å²) in [4.78, 5) is 7.78. The molecule has 0 saturated heterocycles. The van der Waals surface area contributed by atoms with Gasteiger partial charge in [-0.2, -0.15) is 0 Å². The predicted octanol–water partition coefficient (Wildman–Crippen LogP) is 3.22. The van der Waals surface area contributed by atoms with Gasteiger partial charge in [-0.15, -0.1) is 0 Å². The monoisotopic (exact) mass is 261 g/mol. The van der Waals surface area contributed by atoms with Crippen LogP contribution in [0.1, 0.15) is 38.1 Å². The molecular formula is C15H23N3O. The van der Waals surface area contributed by atoms with Gasteiger partial charge in [0.05, 0.1) is 11.9 Å². The van der Waals surface area contributed by atoms with Crippen LogP contribution in [-0.4, -0.2) is 22.1 Å². The van der Waals surface area contributed by atoms with E-state index in [0.717, 1.165) is 41.6 Å². The minimum Gasteiger partial charge on any atom is -0.466 e. The Bertz CT molecular complexity index is 546. The first kappa shape index (κ1) is 13.9. The number of H-pyrrole nitrogens is 1. The molecule has 2 rings (SSSR count). The molecule has 0 aromatic carbocycles. The van der Waals surface area contributed by atoms with E-state index in [1.165, 1.54) is 0 Å². The Morgan fingerprint density at radius 1 is 1.32 bits per heavy atom. The standard InChI is InChI=1S/C15H23N3O/c1-10-8-12(11(2)19-10)13-9-16-14(18-13)6-7-17-15(3,4)5/h8-9,17H,6-7H2,1-5H3,(H,16,18). The lowest BCUT2D eigenvalue weighted by Gasteiger charge is -2.19. The Balaban J connectivity index is 2.01. The first-order valence-electron chi connectivity index (χ1n) is 6.71. The van der Waals surface area contributed by atoms with Crippen molar-refractivity contribution in [3.63, 3.8) is 0 Å². The van der Waals surface area contributed by atoms with Crippen LogP contribution in [0.4, 0.5) is 0 Å². The van der Waals surface area contributed by atoms with Crippen LogP contribution < -0.4 is 5.32 Å². The third-order valence-corrected chi connectivity index (χ3v) is 2.98. The van der Waals surface area contributed by atoms with Gasteiger partial charge in [0.25, 0.3) is 0 Å². The zero-order chi connectivity index (χ0) is 14.0. The van der Waals surface area contributed by atoms with Gasteiger partial charge in [-0.3, -0.25) is 0 Å². The summed E-state index contributed by atoms with van der Waals surface area (Å²) >= 11 is 0. The lowest BCUT2D eigenvalue weighted by atomic mass is 10.1. The van der Waals surface area contributed by atoms with E-state index in [1.807, 2.05) is 26.1 Å². The van der Waals surface area contributed by atoms with Crippen molar-refractivity contribution in [3.05, 3.63) is 29.6 Å². The van der Waals surface area contributed by atoms with Crippen LogP contribution in [0, 0.1) is 13.8 Å². The molecule has 0 radical (unpaired) electrons. The molecule has 0 spiro atoms. The van der Waals surface area contributed by atoms with E-state index >= 15 is 0 Å². The predicted molar refractivity (Wildman–Crippen MR) is 77.2 cm³/mol. The summed E-state index contributed by atoms with van der Waals surface area (Å²) in [6.45, 7) is 11.3. The van der Waals surface area contributed by atoms with Crippen LogP contribution in [0.2, 0.25) is 0 Å². The highest BCUT2D eigenvalue weighted by atomic mass is 16.3. The average Bonchev–Trinajstić information content (AvgIpc) is 2.83. The van der Waals surface area contributed by atoms with E-state index in [1.54, 1.807) is 0 Å². The van der Waals surface area contributed by atoms with E-state index in [-0.39, 0.29) is 5.54 Å². The second kappa shape index (κ2) is 5.21. The number of imidazole rings is 1. The second-order valence-corrected chi connectivity index (χ2v) is 6.00. The molecule has 0 aliphatic carbocycles. The Hall–Kier alpha value is -1.55. The maximum Gasteiger partial charge on any atom is 0.110 e. The molecule has 0 aliphatic heterocycles. The Morgan fingerprint density at radius 2 is 2.05 bits per heavy atom. The van der Waals surface area contributed by atoms with Gasteiger partial charge in [-0.1, -0.05) is 0 Å². The fourth-order valence-electron chi connectivity index (χ4n) is 2.08. The number of aromatic amines is 1. The molecule has 104 valence electrons. The van der Waals surface area contributed by atoms with E-state index in [2.05, 4.69) is 36.1 Å². The topological polar surface area (TPSA) is 53.9 Å². The molecule has 0 bridgehead atoms. The van der Waals surface area contributed by atoms with Crippen LogP contribution in [0.25, 0.3) is 11.3 Å². The quantitative estimate of drug-likeness (QED) is 0.888. The first-order chi connectivity index (χ1) is 8.85. The van der Waals surface area contributed by atoms with Crippen LogP contribution in [0.3, 0.4) is 0 Å². The Labute approximate surface area is 114 Å². The van der Waals surface area contributed by atoms with Gasteiger partial charge in [0.15, 0.2) is 0 Å². The van der Waals surface area contributed by atoms with Gasteiger partial charge < -0.3 is 14.7 Å². The minimum absolute atomic E-state index is 0.147. The molecule has 4 heteroatoms. The number of hydrogen-bond acceptors (Lipinski definition) is 3. The summed E-state index contributed by atoms with van der Waals surface area (Å²) < 4.78 is 5.54. The Morgan fingerprint density at radius 3 is 2.63 bits per heavy atom. The fraction of sp³-hybridized carbons (Fsp3) is 0.533. The Kier molecular flexibility index (Phi) is 3.80. The van der Waals surface area contributed by atoms with Crippen molar-refractivity contribution in [2.75, 3.05) is 6.54 Å². The lowest BCUT2D eigenvalue weighted by Crippen LogP contribution is -2.37. The molecule has 2 heterocycles. The minimum atomic E-state index is 0.147. The number of aromatic nitrogens is 2. The van der Waals surface area contributed by atoms with Gasteiger partial charge >= 0.3 is 0 Å². The summed E-state index contributed by atoms with van der Waals surface area (Å²) in [6.07, 6.45) is 2.77. The summed E-state index contributed by atoms with van der Waals surface area (Å²) in [5.41, 5.74) is 2.27. The van der Waals surface area contributed by atoms with E-state index < -0.39 is 0 Å². The molecule has 2 aromatic rings. The fourth-order valence-corrected chi connectivity index (χ4v) is 2.08. The average molecular weight is 261 g/mol. The zero-order valence-electron chi connectivity index (χ0n) is 12.4. The number of hydrogen-bond donors (Lipinski definition) is 2. The molecule has 2 N–H and O–H groups in total. The summed E-state index contributed by atoms with van der Waals surface area (Å²) in [7, 11) is 0. The molecule has 0 unspecified atom stereocenters. The number of nitrogens with zero attached hydrogens (tertiary/aromatic N) is 1. The maximum absolute atomic E-state index is 5.54. The first-order valence-corrected chi connectivity index (χ1v) is 6.71. The van der Waals surface area contributed by atoms with Gasteiger partial charge in [0.2, 0.25) is 0 Å². The van der Waals surface area contributed by atoms with Crippen LogP contribution >= 0.6 is 0 Å². The summed E-state index contributed by atoms with van der Waals surface area (Å²) in [5.74, 6) is 2.86. The van der Waals surface area contributed by atoms with Crippen molar-refractivity contribution >= 4 is 0 Å². The second-order valence-electron chi connectivity index (χ2n) is 6.00.